The lowest BCUT2D eigenvalue weighted by molar-refractivity contribution is -0.120. The first-order valence-corrected chi connectivity index (χ1v) is 6.12. The molecule has 0 aliphatic carbocycles. The van der Waals surface area contributed by atoms with Crippen molar-refractivity contribution in [3.8, 4) is 0 Å². The van der Waals surface area contributed by atoms with Crippen LogP contribution in [0.25, 0.3) is 0 Å². The molecule has 1 aromatic carbocycles. The number of nitrogen functional groups attached to an aromatic ring is 1. The van der Waals surface area contributed by atoms with Crippen molar-refractivity contribution >= 4 is 22.4 Å². The van der Waals surface area contributed by atoms with E-state index in [1.807, 2.05) is 30.3 Å². The highest BCUT2D eigenvalue weighted by Crippen LogP contribution is 2.11. The molecule has 1 amide bonds. The number of nitrogens with one attached hydrogen (secondary N) is 1. The van der Waals surface area contributed by atoms with Crippen LogP contribution in [-0.2, 0) is 17.8 Å². The van der Waals surface area contributed by atoms with Gasteiger partial charge in [-0.05, 0) is 5.56 Å². The molecule has 0 aliphatic rings. The Morgan fingerprint density at radius 3 is 2.76 bits per heavy atom. The lowest BCUT2D eigenvalue weighted by Gasteiger charge is -2.03. The maximum atomic E-state index is 11.6. The molecule has 4 nitrogen and oxygen atoms in total. The number of benzene rings is 1. The minimum Gasteiger partial charge on any atom is -0.375 e. The van der Waals surface area contributed by atoms with E-state index in [0.717, 1.165) is 11.3 Å². The number of anilines is 1. The summed E-state index contributed by atoms with van der Waals surface area (Å²) < 4.78 is 0. The molecule has 0 atom stereocenters. The van der Waals surface area contributed by atoms with Crippen molar-refractivity contribution < 1.29 is 4.79 Å². The zero-order valence-electron chi connectivity index (χ0n) is 9.22. The zero-order chi connectivity index (χ0) is 12.1. The Labute approximate surface area is 103 Å². The van der Waals surface area contributed by atoms with Crippen molar-refractivity contribution in [2.45, 2.75) is 13.0 Å². The van der Waals surface area contributed by atoms with Gasteiger partial charge in [-0.3, -0.25) is 4.79 Å². The summed E-state index contributed by atoms with van der Waals surface area (Å²) in [6.07, 6.45) is 0.278. The van der Waals surface area contributed by atoms with Crippen LogP contribution < -0.4 is 11.1 Å². The van der Waals surface area contributed by atoms with Crippen molar-refractivity contribution in [1.29, 1.82) is 0 Å². The Bertz CT molecular complexity index is 495. The van der Waals surface area contributed by atoms with E-state index in [1.165, 1.54) is 11.3 Å². The number of nitrogens with zero attached hydrogens (tertiary/aromatic N) is 1. The zero-order valence-corrected chi connectivity index (χ0v) is 10.0. The van der Waals surface area contributed by atoms with Crippen LogP contribution in [0.15, 0.2) is 35.7 Å². The number of hydrogen-bond acceptors (Lipinski definition) is 4. The molecule has 0 radical (unpaired) electrons. The van der Waals surface area contributed by atoms with Crippen molar-refractivity contribution in [2.75, 3.05) is 5.73 Å². The molecule has 88 valence electrons. The van der Waals surface area contributed by atoms with Crippen LogP contribution in [0.1, 0.15) is 11.3 Å². The van der Waals surface area contributed by atoms with Gasteiger partial charge in [-0.15, -0.1) is 11.3 Å². The Morgan fingerprint density at radius 1 is 1.35 bits per heavy atom. The van der Waals surface area contributed by atoms with Crippen LogP contribution in [0, 0.1) is 0 Å². The van der Waals surface area contributed by atoms with Crippen LogP contribution in [0.3, 0.4) is 0 Å². The molecule has 0 aliphatic heterocycles. The maximum absolute atomic E-state index is 11.6. The quantitative estimate of drug-likeness (QED) is 0.862. The SMILES string of the molecule is Nc1nc(CC(=O)NCc2ccccc2)cs1. The van der Waals surface area contributed by atoms with Crippen LogP contribution in [0.4, 0.5) is 5.13 Å². The fraction of sp³-hybridized carbons (Fsp3) is 0.167. The fourth-order valence-corrected chi connectivity index (χ4v) is 1.99. The number of rotatable bonds is 4. The monoisotopic (exact) mass is 247 g/mol. The molecule has 17 heavy (non-hydrogen) atoms. The van der Waals surface area contributed by atoms with E-state index < -0.39 is 0 Å². The standard InChI is InChI=1S/C12H13N3OS/c13-12-15-10(8-17-12)6-11(16)14-7-9-4-2-1-3-5-9/h1-5,8H,6-7H2,(H2,13,15)(H,14,16). The Balaban J connectivity index is 1.82. The second-order valence-corrected chi connectivity index (χ2v) is 4.51. The van der Waals surface area contributed by atoms with Crippen LogP contribution in [0.5, 0.6) is 0 Å². The average molecular weight is 247 g/mol. The van der Waals surface area contributed by atoms with E-state index >= 15 is 0 Å². The van der Waals surface area contributed by atoms with Crippen molar-refractivity contribution in [1.82, 2.24) is 10.3 Å². The first kappa shape index (κ1) is 11.6. The molecule has 0 saturated heterocycles. The first-order valence-electron chi connectivity index (χ1n) is 5.24. The Morgan fingerprint density at radius 2 is 2.12 bits per heavy atom. The third-order valence-corrected chi connectivity index (χ3v) is 2.97. The van der Waals surface area contributed by atoms with Gasteiger partial charge in [-0.25, -0.2) is 4.98 Å². The molecule has 1 aromatic heterocycles. The van der Waals surface area contributed by atoms with Gasteiger partial charge < -0.3 is 11.1 Å². The number of hydrogen-bond donors (Lipinski definition) is 2. The maximum Gasteiger partial charge on any atom is 0.226 e. The fourth-order valence-electron chi connectivity index (χ4n) is 1.43. The molecular formula is C12H13N3OS. The minimum atomic E-state index is -0.0425. The number of aromatic nitrogens is 1. The third kappa shape index (κ3) is 3.57. The molecule has 0 saturated carbocycles. The molecule has 2 aromatic rings. The number of amides is 1. The largest absolute Gasteiger partial charge is 0.375 e. The molecule has 0 unspecified atom stereocenters. The molecule has 0 fully saturated rings. The van der Waals surface area contributed by atoms with Crippen LogP contribution >= 0.6 is 11.3 Å². The highest BCUT2D eigenvalue weighted by atomic mass is 32.1. The summed E-state index contributed by atoms with van der Waals surface area (Å²) in [7, 11) is 0. The molecule has 5 heteroatoms. The van der Waals surface area contributed by atoms with E-state index in [0.29, 0.717) is 11.7 Å². The summed E-state index contributed by atoms with van der Waals surface area (Å²) in [5, 5.41) is 5.14. The molecule has 2 rings (SSSR count). The van der Waals surface area contributed by atoms with E-state index in [9.17, 15) is 4.79 Å². The van der Waals surface area contributed by atoms with Gasteiger partial charge in [0.15, 0.2) is 5.13 Å². The summed E-state index contributed by atoms with van der Waals surface area (Å²) in [5.41, 5.74) is 7.30. The molecule has 1 heterocycles. The number of nitrogens with two attached hydrogens (primary N) is 1. The topological polar surface area (TPSA) is 68.0 Å². The van der Waals surface area contributed by atoms with Gasteiger partial charge in [0.05, 0.1) is 12.1 Å². The smallest absolute Gasteiger partial charge is 0.226 e. The predicted molar refractivity (Wildman–Crippen MR) is 68.5 cm³/mol. The van der Waals surface area contributed by atoms with Crippen LogP contribution in [0.2, 0.25) is 0 Å². The molecule has 3 N–H and O–H groups in total. The Hall–Kier alpha value is -1.88. The molecule has 0 bridgehead atoms. The number of carbonyl (C=O) groups is 1. The number of thiazole rings is 1. The highest BCUT2D eigenvalue weighted by Gasteiger charge is 2.06. The number of carbonyl (C=O) groups excluding carboxylic acids is 1. The first-order chi connectivity index (χ1) is 8.24. The van der Waals surface area contributed by atoms with Crippen molar-refractivity contribution in [2.24, 2.45) is 0 Å². The summed E-state index contributed by atoms with van der Waals surface area (Å²) in [4.78, 5) is 15.6. The van der Waals surface area contributed by atoms with Gasteiger partial charge in [0, 0.05) is 11.9 Å². The third-order valence-electron chi connectivity index (χ3n) is 2.24. The van der Waals surface area contributed by atoms with Gasteiger partial charge >= 0.3 is 0 Å². The second kappa shape index (κ2) is 5.45. The van der Waals surface area contributed by atoms with E-state index in [4.69, 9.17) is 5.73 Å². The lowest BCUT2D eigenvalue weighted by atomic mass is 10.2. The van der Waals surface area contributed by atoms with E-state index in [-0.39, 0.29) is 12.3 Å². The van der Waals surface area contributed by atoms with Gasteiger partial charge in [-0.1, -0.05) is 30.3 Å². The predicted octanol–water partition coefficient (Wildman–Crippen LogP) is 1.58. The van der Waals surface area contributed by atoms with Gasteiger partial charge in [-0.2, -0.15) is 0 Å². The minimum absolute atomic E-state index is 0.0425. The van der Waals surface area contributed by atoms with Gasteiger partial charge in [0.25, 0.3) is 0 Å². The van der Waals surface area contributed by atoms with Crippen molar-refractivity contribution in [3.63, 3.8) is 0 Å². The summed E-state index contributed by atoms with van der Waals surface area (Å²) in [6.45, 7) is 0.541. The van der Waals surface area contributed by atoms with Gasteiger partial charge in [0.2, 0.25) is 5.91 Å². The van der Waals surface area contributed by atoms with Crippen LogP contribution in [-0.4, -0.2) is 10.9 Å². The highest BCUT2D eigenvalue weighted by molar-refractivity contribution is 7.13. The molecular weight excluding hydrogens is 234 g/mol. The van der Waals surface area contributed by atoms with E-state index in [2.05, 4.69) is 10.3 Å². The molecule has 0 spiro atoms. The summed E-state index contributed by atoms with van der Waals surface area (Å²) in [5.74, 6) is -0.0425. The lowest BCUT2D eigenvalue weighted by Crippen LogP contribution is -2.24. The van der Waals surface area contributed by atoms with E-state index in [1.54, 1.807) is 5.38 Å². The normalized spacial score (nSPS) is 10.1. The second-order valence-electron chi connectivity index (χ2n) is 3.62. The average Bonchev–Trinajstić information content (AvgIpc) is 2.73. The Kier molecular flexibility index (Phi) is 3.72. The van der Waals surface area contributed by atoms with Gasteiger partial charge in [0.1, 0.15) is 0 Å². The van der Waals surface area contributed by atoms with Crippen molar-refractivity contribution in [3.05, 3.63) is 47.0 Å². The summed E-state index contributed by atoms with van der Waals surface area (Å²) >= 11 is 1.35. The summed E-state index contributed by atoms with van der Waals surface area (Å²) in [6, 6.07) is 9.79.